The summed E-state index contributed by atoms with van der Waals surface area (Å²) in [6.07, 6.45) is 0.376. The number of carboxylic acids is 1. The Kier molecular flexibility index (Phi) is 6.19. The first-order chi connectivity index (χ1) is 9.92. The summed E-state index contributed by atoms with van der Waals surface area (Å²) in [6, 6.07) is 3.25. The van der Waals surface area contributed by atoms with Crippen molar-refractivity contribution in [1.29, 1.82) is 0 Å². The van der Waals surface area contributed by atoms with E-state index in [-0.39, 0.29) is 29.9 Å². The predicted molar refractivity (Wildman–Crippen MR) is 71.2 cm³/mol. The van der Waals surface area contributed by atoms with Gasteiger partial charge in [-0.1, -0.05) is 6.92 Å². The van der Waals surface area contributed by atoms with Crippen LogP contribution in [0.25, 0.3) is 0 Å². The molecule has 1 rings (SSSR count). The molecular weight excluding hydrogens is 280 g/mol. The van der Waals surface area contributed by atoms with E-state index in [0.29, 0.717) is 13.0 Å². The van der Waals surface area contributed by atoms with Crippen LogP contribution in [0.2, 0.25) is 0 Å². The molecule has 0 unspecified atom stereocenters. The quantitative estimate of drug-likeness (QED) is 0.582. The van der Waals surface area contributed by atoms with E-state index in [1.807, 2.05) is 6.92 Å². The number of phenols is 1. The molecule has 21 heavy (non-hydrogen) atoms. The van der Waals surface area contributed by atoms with E-state index >= 15 is 0 Å². The number of carbonyl (C=O) groups excluding carboxylic acids is 2. The van der Waals surface area contributed by atoms with Gasteiger partial charge in [-0.3, -0.25) is 9.59 Å². The van der Waals surface area contributed by atoms with Crippen molar-refractivity contribution in [3.05, 3.63) is 23.8 Å². The van der Waals surface area contributed by atoms with Gasteiger partial charge in [0.05, 0.1) is 25.0 Å². The highest BCUT2D eigenvalue weighted by Crippen LogP contribution is 2.22. The van der Waals surface area contributed by atoms with Crippen molar-refractivity contribution in [1.82, 2.24) is 0 Å². The molecule has 0 bridgehead atoms. The van der Waals surface area contributed by atoms with Crippen LogP contribution in [0.15, 0.2) is 18.2 Å². The Morgan fingerprint density at radius 3 is 2.38 bits per heavy atom. The fourth-order valence-corrected chi connectivity index (χ4v) is 1.44. The third-order valence-corrected chi connectivity index (χ3v) is 2.37. The Labute approximate surface area is 121 Å². The number of aromatic carboxylic acids is 1. The number of aromatic hydroxyl groups is 1. The van der Waals surface area contributed by atoms with Crippen LogP contribution in [-0.4, -0.2) is 34.7 Å². The fraction of sp³-hybridized carbons (Fsp3) is 0.357. The molecule has 0 aliphatic carbocycles. The molecule has 114 valence electrons. The highest BCUT2D eigenvalue weighted by Gasteiger charge is 2.13. The number of ether oxygens (including phenoxy) is 2. The SMILES string of the molecule is CCCOC(=O)CCC(=O)Oc1cc(O)cc(C(=O)O)c1. The van der Waals surface area contributed by atoms with Crippen LogP contribution in [0.5, 0.6) is 11.5 Å². The third-order valence-electron chi connectivity index (χ3n) is 2.37. The van der Waals surface area contributed by atoms with Crippen LogP contribution in [0.4, 0.5) is 0 Å². The minimum atomic E-state index is -1.26. The lowest BCUT2D eigenvalue weighted by Crippen LogP contribution is -2.13. The molecule has 0 amide bonds. The Morgan fingerprint density at radius 2 is 1.76 bits per heavy atom. The molecule has 0 saturated carbocycles. The minimum absolute atomic E-state index is 0.0978. The normalized spacial score (nSPS) is 9.95. The monoisotopic (exact) mass is 296 g/mol. The standard InChI is InChI=1S/C14H16O7/c1-2-5-20-12(16)3-4-13(17)21-11-7-9(14(18)19)6-10(15)8-11/h6-8,15H,2-5H2,1H3,(H,18,19). The van der Waals surface area contributed by atoms with Gasteiger partial charge in [-0.05, 0) is 18.6 Å². The summed E-state index contributed by atoms with van der Waals surface area (Å²) in [4.78, 5) is 33.5. The first kappa shape index (κ1) is 16.5. The van der Waals surface area contributed by atoms with Gasteiger partial charge < -0.3 is 19.7 Å². The molecular formula is C14H16O7. The summed E-state index contributed by atoms with van der Waals surface area (Å²) in [5, 5.41) is 18.2. The van der Waals surface area contributed by atoms with Gasteiger partial charge in [-0.2, -0.15) is 0 Å². The zero-order valence-electron chi connectivity index (χ0n) is 11.5. The number of phenolic OH excluding ortho intramolecular Hbond substituents is 1. The maximum absolute atomic E-state index is 11.5. The van der Waals surface area contributed by atoms with Crippen LogP contribution < -0.4 is 4.74 Å². The Bertz CT molecular complexity index is 536. The van der Waals surface area contributed by atoms with E-state index < -0.39 is 17.9 Å². The third kappa shape index (κ3) is 5.94. The van der Waals surface area contributed by atoms with Crippen molar-refractivity contribution in [3.63, 3.8) is 0 Å². The number of benzene rings is 1. The number of carbonyl (C=O) groups is 3. The van der Waals surface area contributed by atoms with E-state index in [0.717, 1.165) is 18.2 Å². The molecule has 0 heterocycles. The molecule has 0 spiro atoms. The number of carboxylic acid groups (broad SMARTS) is 1. The predicted octanol–water partition coefficient (Wildman–Crippen LogP) is 1.73. The fourth-order valence-electron chi connectivity index (χ4n) is 1.44. The zero-order chi connectivity index (χ0) is 15.8. The van der Waals surface area contributed by atoms with Crippen molar-refractivity contribution < 1.29 is 34.1 Å². The first-order valence-electron chi connectivity index (χ1n) is 6.36. The molecule has 7 heteroatoms. The van der Waals surface area contributed by atoms with E-state index in [1.165, 1.54) is 0 Å². The number of hydrogen-bond donors (Lipinski definition) is 2. The van der Waals surface area contributed by atoms with Crippen molar-refractivity contribution in [3.8, 4) is 11.5 Å². The molecule has 2 N–H and O–H groups in total. The summed E-state index contributed by atoms with van der Waals surface area (Å²) in [7, 11) is 0. The maximum Gasteiger partial charge on any atom is 0.335 e. The average Bonchev–Trinajstić information content (AvgIpc) is 2.42. The Balaban J connectivity index is 2.55. The van der Waals surface area contributed by atoms with Gasteiger partial charge in [0, 0.05) is 6.07 Å². The van der Waals surface area contributed by atoms with E-state index in [2.05, 4.69) is 0 Å². The molecule has 0 saturated heterocycles. The van der Waals surface area contributed by atoms with Gasteiger partial charge >= 0.3 is 17.9 Å². The van der Waals surface area contributed by atoms with Gasteiger partial charge in [0.2, 0.25) is 0 Å². The summed E-state index contributed by atoms with van der Waals surface area (Å²) in [6.45, 7) is 2.14. The average molecular weight is 296 g/mol. The molecule has 7 nitrogen and oxygen atoms in total. The first-order valence-corrected chi connectivity index (χ1v) is 6.36. The highest BCUT2D eigenvalue weighted by molar-refractivity contribution is 5.89. The second kappa shape index (κ2) is 7.88. The smallest absolute Gasteiger partial charge is 0.335 e. The van der Waals surface area contributed by atoms with Gasteiger partial charge in [-0.25, -0.2) is 4.79 Å². The van der Waals surface area contributed by atoms with Gasteiger partial charge in [0.15, 0.2) is 0 Å². The zero-order valence-corrected chi connectivity index (χ0v) is 11.5. The summed E-state index contributed by atoms with van der Waals surface area (Å²) >= 11 is 0. The molecule has 0 aliphatic rings. The lowest BCUT2D eigenvalue weighted by atomic mass is 10.2. The lowest BCUT2D eigenvalue weighted by Gasteiger charge is -2.06. The number of esters is 2. The molecule has 1 aromatic carbocycles. The van der Waals surface area contributed by atoms with Crippen molar-refractivity contribution >= 4 is 17.9 Å². The van der Waals surface area contributed by atoms with Gasteiger partial charge in [0.1, 0.15) is 11.5 Å². The van der Waals surface area contributed by atoms with Gasteiger partial charge in [-0.15, -0.1) is 0 Å². The second-order valence-electron chi connectivity index (χ2n) is 4.22. The van der Waals surface area contributed by atoms with Crippen molar-refractivity contribution in [2.24, 2.45) is 0 Å². The molecule has 0 aliphatic heterocycles. The van der Waals surface area contributed by atoms with Gasteiger partial charge in [0.25, 0.3) is 0 Å². The highest BCUT2D eigenvalue weighted by atomic mass is 16.5. The molecule has 0 aromatic heterocycles. The number of hydrogen-bond acceptors (Lipinski definition) is 6. The van der Waals surface area contributed by atoms with Crippen molar-refractivity contribution in [2.45, 2.75) is 26.2 Å². The summed E-state index contributed by atoms with van der Waals surface area (Å²) in [5.41, 5.74) is -0.208. The Hall–Kier alpha value is -2.57. The largest absolute Gasteiger partial charge is 0.508 e. The second-order valence-corrected chi connectivity index (χ2v) is 4.22. The summed E-state index contributed by atoms with van der Waals surface area (Å²) in [5.74, 6) is -2.91. The molecule has 0 radical (unpaired) electrons. The van der Waals surface area contributed by atoms with Crippen LogP contribution in [0.3, 0.4) is 0 Å². The van der Waals surface area contributed by atoms with Crippen LogP contribution in [-0.2, 0) is 14.3 Å². The minimum Gasteiger partial charge on any atom is -0.508 e. The lowest BCUT2D eigenvalue weighted by molar-refractivity contribution is -0.146. The molecule has 0 fully saturated rings. The number of rotatable bonds is 7. The van der Waals surface area contributed by atoms with Crippen LogP contribution >= 0.6 is 0 Å². The topological polar surface area (TPSA) is 110 Å². The van der Waals surface area contributed by atoms with Crippen molar-refractivity contribution in [2.75, 3.05) is 6.61 Å². The van der Waals surface area contributed by atoms with Crippen LogP contribution in [0.1, 0.15) is 36.5 Å². The van der Waals surface area contributed by atoms with E-state index in [1.54, 1.807) is 0 Å². The molecule has 1 aromatic rings. The maximum atomic E-state index is 11.5. The summed E-state index contributed by atoms with van der Waals surface area (Å²) < 4.78 is 9.67. The van der Waals surface area contributed by atoms with E-state index in [9.17, 15) is 19.5 Å². The molecule has 0 atom stereocenters. The Morgan fingerprint density at radius 1 is 1.10 bits per heavy atom. The van der Waals surface area contributed by atoms with Crippen LogP contribution in [0, 0.1) is 0 Å². The van der Waals surface area contributed by atoms with E-state index in [4.69, 9.17) is 14.6 Å².